The van der Waals surface area contributed by atoms with E-state index in [9.17, 15) is 9.59 Å². The number of pyridine rings is 1. The first kappa shape index (κ1) is 21.2. The Balaban J connectivity index is 1.42. The van der Waals surface area contributed by atoms with Crippen molar-refractivity contribution in [2.75, 3.05) is 5.32 Å². The summed E-state index contributed by atoms with van der Waals surface area (Å²) in [6.45, 7) is 2.45. The number of aromatic nitrogens is 3. The lowest BCUT2D eigenvalue weighted by Gasteiger charge is -2.09. The van der Waals surface area contributed by atoms with Crippen LogP contribution in [-0.2, 0) is 24.2 Å². The van der Waals surface area contributed by atoms with Gasteiger partial charge in [0.1, 0.15) is 0 Å². The Bertz CT molecular complexity index is 972. The summed E-state index contributed by atoms with van der Waals surface area (Å²) >= 11 is 0. The SMILES string of the molecule is CCCc1noc(CCCC(=O)NCc2cccc(NC(=O)c3ccncc3)c2)n1. The van der Waals surface area contributed by atoms with Crippen LogP contribution in [0.4, 0.5) is 5.69 Å². The first-order chi connectivity index (χ1) is 14.6. The molecule has 2 amide bonds. The summed E-state index contributed by atoms with van der Waals surface area (Å²) in [5.74, 6) is 1.04. The molecule has 1 aromatic carbocycles. The van der Waals surface area contributed by atoms with Crippen molar-refractivity contribution in [2.24, 2.45) is 0 Å². The predicted molar refractivity (Wildman–Crippen MR) is 112 cm³/mol. The average Bonchev–Trinajstić information content (AvgIpc) is 3.21. The van der Waals surface area contributed by atoms with E-state index in [1.54, 1.807) is 24.5 Å². The number of carbonyl (C=O) groups excluding carboxylic acids is 2. The molecule has 3 rings (SSSR count). The van der Waals surface area contributed by atoms with Gasteiger partial charge in [0, 0.05) is 49.5 Å². The van der Waals surface area contributed by atoms with Gasteiger partial charge in [-0.1, -0.05) is 24.2 Å². The summed E-state index contributed by atoms with van der Waals surface area (Å²) in [6, 6.07) is 10.7. The molecule has 156 valence electrons. The summed E-state index contributed by atoms with van der Waals surface area (Å²) in [5.41, 5.74) is 2.10. The fraction of sp³-hybridized carbons (Fsp3) is 0.318. The highest BCUT2D eigenvalue weighted by Crippen LogP contribution is 2.12. The second kappa shape index (κ2) is 10.8. The summed E-state index contributed by atoms with van der Waals surface area (Å²) in [7, 11) is 0. The van der Waals surface area contributed by atoms with Gasteiger partial charge in [0.25, 0.3) is 5.91 Å². The first-order valence-electron chi connectivity index (χ1n) is 10.0. The van der Waals surface area contributed by atoms with E-state index < -0.39 is 0 Å². The Morgan fingerprint density at radius 3 is 2.73 bits per heavy atom. The van der Waals surface area contributed by atoms with E-state index in [-0.39, 0.29) is 11.8 Å². The van der Waals surface area contributed by atoms with Gasteiger partial charge in [-0.25, -0.2) is 0 Å². The maximum absolute atomic E-state index is 12.2. The highest BCUT2D eigenvalue weighted by Gasteiger charge is 2.09. The molecule has 2 N–H and O–H groups in total. The standard InChI is InChI=1S/C22H25N5O3/c1-2-5-19-26-21(30-27-19)9-4-8-20(28)24-15-16-6-3-7-18(14-16)25-22(29)17-10-12-23-13-11-17/h3,6-7,10-14H,2,4-5,8-9,15H2,1H3,(H,24,28)(H,25,29). The minimum absolute atomic E-state index is 0.0467. The van der Waals surface area contributed by atoms with Gasteiger partial charge >= 0.3 is 0 Å². The number of nitrogens with one attached hydrogen (secondary N) is 2. The summed E-state index contributed by atoms with van der Waals surface area (Å²) in [5, 5.41) is 9.65. The number of hydrogen-bond donors (Lipinski definition) is 2. The van der Waals surface area contributed by atoms with Crippen LogP contribution in [0.2, 0.25) is 0 Å². The van der Waals surface area contributed by atoms with Gasteiger partial charge < -0.3 is 15.2 Å². The van der Waals surface area contributed by atoms with Crippen molar-refractivity contribution in [3.63, 3.8) is 0 Å². The zero-order valence-electron chi connectivity index (χ0n) is 16.9. The van der Waals surface area contributed by atoms with Crippen molar-refractivity contribution in [2.45, 2.75) is 45.6 Å². The van der Waals surface area contributed by atoms with E-state index >= 15 is 0 Å². The Hall–Kier alpha value is -3.55. The van der Waals surface area contributed by atoms with Crippen LogP contribution in [0.5, 0.6) is 0 Å². The molecule has 0 radical (unpaired) electrons. The fourth-order valence-corrected chi connectivity index (χ4v) is 2.87. The molecule has 0 bridgehead atoms. The minimum atomic E-state index is -0.207. The molecule has 0 aliphatic carbocycles. The summed E-state index contributed by atoms with van der Waals surface area (Å²) in [4.78, 5) is 32.6. The number of aryl methyl sites for hydroxylation is 2. The molecule has 0 saturated carbocycles. The van der Waals surface area contributed by atoms with Crippen molar-refractivity contribution in [1.82, 2.24) is 20.4 Å². The maximum Gasteiger partial charge on any atom is 0.255 e. The van der Waals surface area contributed by atoms with Gasteiger partial charge in [-0.3, -0.25) is 14.6 Å². The number of nitrogens with zero attached hydrogens (tertiary/aromatic N) is 3. The van der Waals surface area contributed by atoms with Crippen LogP contribution in [0, 0.1) is 0 Å². The molecule has 0 fully saturated rings. The molecule has 2 aromatic heterocycles. The van der Waals surface area contributed by atoms with E-state index in [4.69, 9.17) is 4.52 Å². The quantitative estimate of drug-likeness (QED) is 0.533. The fourth-order valence-electron chi connectivity index (χ4n) is 2.87. The molecule has 2 heterocycles. The molecular weight excluding hydrogens is 382 g/mol. The third kappa shape index (κ3) is 6.51. The number of anilines is 1. The highest BCUT2D eigenvalue weighted by atomic mass is 16.5. The Labute approximate surface area is 175 Å². The monoisotopic (exact) mass is 407 g/mol. The molecule has 8 nitrogen and oxygen atoms in total. The number of benzene rings is 1. The van der Waals surface area contributed by atoms with Gasteiger partial charge in [-0.05, 0) is 42.7 Å². The normalized spacial score (nSPS) is 10.6. The molecule has 8 heteroatoms. The van der Waals surface area contributed by atoms with Crippen molar-refractivity contribution < 1.29 is 14.1 Å². The third-order valence-electron chi connectivity index (χ3n) is 4.40. The van der Waals surface area contributed by atoms with Crippen molar-refractivity contribution in [3.05, 3.63) is 71.6 Å². The molecule has 30 heavy (non-hydrogen) atoms. The molecule has 3 aromatic rings. The van der Waals surface area contributed by atoms with E-state index in [2.05, 4.69) is 32.7 Å². The van der Waals surface area contributed by atoms with Crippen LogP contribution in [-0.4, -0.2) is 26.9 Å². The molecular formula is C22H25N5O3. The van der Waals surface area contributed by atoms with Crippen molar-refractivity contribution in [3.8, 4) is 0 Å². The zero-order valence-corrected chi connectivity index (χ0v) is 16.9. The second-order valence-corrected chi connectivity index (χ2v) is 6.88. The smallest absolute Gasteiger partial charge is 0.255 e. The molecule has 0 spiro atoms. The predicted octanol–water partition coefficient (Wildman–Crippen LogP) is 3.31. The molecule has 0 aliphatic heterocycles. The largest absolute Gasteiger partial charge is 0.352 e. The van der Waals surface area contributed by atoms with Crippen molar-refractivity contribution >= 4 is 17.5 Å². The number of carbonyl (C=O) groups is 2. The van der Waals surface area contributed by atoms with Crippen LogP contribution < -0.4 is 10.6 Å². The highest BCUT2D eigenvalue weighted by molar-refractivity contribution is 6.04. The minimum Gasteiger partial charge on any atom is -0.352 e. The Kier molecular flexibility index (Phi) is 7.65. The number of hydrogen-bond acceptors (Lipinski definition) is 6. The first-order valence-corrected chi connectivity index (χ1v) is 10.0. The number of amides is 2. The van der Waals surface area contributed by atoms with E-state index in [1.807, 2.05) is 24.3 Å². The summed E-state index contributed by atoms with van der Waals surface area (Å²) in [6.07, 6.45) is 6.52. The molecule has 0 unspecified atom stereocenters. The van der Waals surface area contributed by atoms with E-state index in [0.29, 0.717) is 48.8 Å². The maximum atomic E-state index is 12.2. The molecule has 0 atom stereocenters. The van der Waals surface area contributed by atoms with Crippen LogP contribution >= 0.6 is 0 Å². The van der Waals surface area contributed by atoms with Gasteiger partial charge in [-0.15, -0.1) is 0 Å². The Morgan fingerprint density at radius 1 is 1.10 bits per heavy atom. The van der Waals surface area contributed by atoms with Gasteiger partial charge in [0.15, 0.2) is 5.82 Å². The average molecular weight is 407 g/mol. The number of rotatable bonds is 10. The van der Waals surface area contributed by atoms with E-state index in [0.717, 1.165) is 18.4 Å². The van der Waals surface area contributed by atoms with Crippen LogP contribution in [0.1, 0.15) is 53.8 Å². The van der Waals surface area contributed by atoms with Crippen LogP contribution in [0.25, 0.3) is 0 Å². The van der Waals surface area contributed by atoms with Gasteiger partial charge in [0.05, 0.1) is 0 Å². The van der Waals surface area contributed by atoms with Crippen LogP contribution in [0.3, 0.4) is 0 Å². The lowest BCUT2D eigenvalue weighted by molar-refractivity contribution is -0.121. The Morgan fingerprint density at radius 2 is 1.93 bits per heavy atom. The van der Waals surface area contributed by atoms with Gasteiger partial charge in [-0.2, -0.15) is 4.98 Å². The van der Waals surface area contributed by atoms with Crippen LogP contribution in [0.15, 0.2) is 53.3 Å². The summed E-state index contributed by atoms with van der Waals surface area (Å²) < 4.78 is 5.17. The third-order valence-corrected chi connectivity index (χ3v) is 4.40. The topological polar surface area (TPSA) is 110 Å². The zero-order chi connectivity index (χ0) is 21.2. The lowest BCUT2D eigenvalue weighted by Crippen LogP contribution is -2.22. The van der Waals surface area contributed by atoms with Gasteiger partial charge in [0.2, 0.25) is 11.8 Å². The van der Waals surface area contributed by atoms with E-state index in [1.165, 1.54) is 0 Å². The second-order valence-electron chi connectivity index (χ2n) is 6.88. The molecule has 0 saturated heterocycles. The molecule has 0 aliphatic rings. The lowest BCUT2D eigenvalue weighted by atomic mass is 10.1. The van der Waals surface area contributed by atoms with Crippen molar-refractivity contribution in [1.29, 1.82) is 0 Å².